The van der Waals surface area contributed by atoms with E-state index in [1.807, 2.05) is 67.3 Å². The number of aromatic nitrogens is 2. The van der Waals surface area contributed by atoms with Crippen molar-refractivity contribution in [1.82, 2.24) is 14.9 Å². The van der Waals surface area contributed by atoms with Crippen molar-refractivity contribution in [3.8, 4) is 11.5 Å². The minimum Gasteiger partial charge on any atom is -0.493 e. The van der Waals surface area contributed by atoms with Crippen LogP contribution >= 0.6 is 0 Å². The fraction of sp³-hybridized carbons (Fsp3) is 0.346. The molecule has 0 radical (unpaired) electrons. The van der Waals surface area contributed by atoms with Crippen LogP contribution in [0.25, 0.3) is 0 Å². The molecule has 2 aromatic carbocycles. The Kier molecular flexibility index (Phi) is 6.77. The van der Waals surface area contributed by atoms with Crippen LogP contribution in [0.15, 0.2) is 48.5 Å². The summed E-state index contributed by atoms with van der Waals surface area (Å²) in [4.78, 5) is 24.6. The molecule has 1 atom stereocenters. The van der Waals surface area contributed by atoms with E-state index < -0.39 is 6.04 Å². The van der Waals surface area contributed by atoms with Gasteiger partial charge in [-0.15, -0.1) is 0 Å². The van der Waals surface area contributed by atoms with Crippen molar-refractivity contribution in [2.45, 2.75) is 39.3 Å². The van der Waals surface area contributed by atoms with Gasteiger partial charge in [-0.3, -0.25) is 4.79 Å². The third kappa shape index (κ3) is 5.25. The summed E-state index contributed by atoms with van der Waals surface area (Å²) in [5, 5.41) is 3.31. The average molecular weight is 447 g/mol. The standard InChI is InChI=1S/C26H30N4O3/c1-17-12-18(2)28-26(27-17)29-22(13-19-8-6-5-7-9-19)25(31)30-11-10-20-14-23(32-3)24(33-4)15-21(20)16-30/h5-9,12,14-15,22H,10-11,13,16H2,1-4H3,(H,27,28,29)/t22-/m1/s1. The summed E-state index contributed by atoms with van der Waals surface area (Å²) in [5.74, 6) is 1.90. The van der Waals surface area contributed by atoms with E-state index in [9.17, 15) is 4.79 Å². The topological polar surface area (TPSA) is 76.6 Å². The number of hydrogen-bond acceptors (Lipinski definition) is 6. The van der Waals surface area contributed by atoms with Gasteiger partial charge >= 0.3 is 0 Å². The summed E-state index contributed by atoms with van der Waals surface area (Å²) in [6.07, 6.45) is 1.31. The Hall–Kier alpha value is -3.61. The van der Waals surface area contributed by atoms with E-state index in [1.54, 1.807) is 14.2 Å². The van der Waals surface area contributed by atoms with Gasteiger partial charge < -0.3 is 19.7 Å². The first-order valence-electron chi connectivity index (χ1n) is 11.1. The predicted molar refractivity (Wildman–Crippen MR) is 128 cm³/mol. The van der Waals surface area contributed by atoms with Crippen molar-refractivity contribution in [2.75, 3.05) is 26.1 Å². The van der Waals surface area contributed by atoms with Gasteiger partial charge in [0.25, 0.3) is 0 Å². The van der Waals surface area contributed by atoms with Crippen LogP contribution in [0.3, 0.4) is 0 Å². The predicted octanol–water partition coefficient (Wildman–Crippen LogP) is 3.72. The number of anilines is 1. The first kappa shape index (κ1) is 22.6. The highest BCUT2D eigenvalue weighted by Crippen LogP contribution is 2.33. The van der Waals surface area contributed by atoms with E-state index >= 15 is 0 Å². The number of nitrogens with zero attached hydrogens (tertiary/aromatic N) is 3. The van der Waals surface area contributed by atoms with E-state index in [0.717, 1.165) is 28.9 Å². The highest BCUT2D eigenvalue weighted by Gasteiger charge is 2.29. The molecule has 2 heterocycles. The van der Waals surface area contributed by atoms with Gasteiger partial charge in [0.1, 0.15) is 6.04 Å². The van der Waals surface area contributed by atoms with Gasteiger partial charge in [-0.25, -0.2) is 9.97 Å². The van der Waals surface area contributed by atoms with Gasteiger partial charge in [-0.2, -0.15) is 0 Å². The number of carbonyl (C=O) groups is 1. The maximum atomic E-state index is 13.7. The second-order valence-electron chi connectivity index (χ2n) is 8.35. The van der Waals surface area contributed by atoms with Crippen LogP contribution in [0.2, 0.25) is 0 Å². The second-order valence-corrected chi connectivity index (χ2v) is 8.35. The molecule has 7 heteroatoms. The summed E-state index contributed by atoms with van der Waals surface area (Å²) in [6.45, 7) is 5.02. The number of fused-ring (bicyclic) bond motifs is 1. The molecule has 1 aliphatic rings. The number of hydrogen-bond donors (Lipinski definition) is 1. The second kappa shape index (κ2) is 9.90. The maximum Gasteiger partial charge on any atom is 0.245 e. The quantitative estimate of drug-likeness (QED) is 0.596. The van der Waals surface area contributed by atoms with Crippen LogP contribution in [0.4, 0.5) is 5.95 Å². The summed E-state index contributed by atoms with van der Waals surface area (Å²) in [6, 6.07) is 15.4. The van der Waals surface area contributed by atoms with Gasteiger partial charge in [-0.1, -0.05) is 30.3 Å². The molecule has 1 aromatic heterocycles. The number of ether oxygens (including phenoxy) is 2. The largest absolute Gasteiger partial charge is 0.493 e. The number of aryl methyl sites for hydroxylation is 2. The first-order chi connectivity index (χ1) is 16.0. The van der Waals surface area contributed by atoms with Crippen LogP contribution in [0.1, 0.15) is 28.1 Å². The average Bonchev–Trinajstić information content (AvgIpc) is 2.82. The van der Waals surface area contributed by atoms with Gasteiger partial charge in [0.15, 0.2) is 11.5 Å². The molecule has 33 heavy (non-hydrogen) atoms. The molecule has 7 nitrogen and oxygen atoms in total. The van der Waals surface area contributed by atoms with E-state index in [0.29, 0.717) is 37.0 Å². The molecule has 3 aromatic rings. The van der Waals surface area contributed by atoms with Crippen molar-refractivity contribution < 1.29 is 14.3 Å². The van der Waals surface area contributed by atoms with Gasteiger partial charge in [0.05, 0.1) is 14.2 Å². The molecule has 0 fully saturated rings. The van der Waals surface area contributed by atoms with Crippen molar-refractivity contribution in [3.63, 3.8) is 0 Å². The minimum absolute atomic E-state index is 0.0297. The van der Waals surface area contributed by atoms with Crippen molar-refractivity contribution >= 4 is 11.9 Å². The molecule has 4 rings (SSSR count). The zero-order chi connectivity index (χ0) is 23.4. The van der Waals surface area contributed by atoms with Crippen LogP contribution in [-0.4, -0.2) is 47.6 Å². The Morgan fingerprint density at radius 1 is 1.00 bits per heavy atom. The van der Waals surface area contributed by atoms with Gasteiger partial charge in [-0.05, 0) is 55.2 Å². The van der Waals surface area contributed by atoms with Crippen LogP contribution in [0.5, 0.6) is 11.5 Å². The summed E-state index contributed by atoms with van der Waals surface area (Å²) in [5.41, 5.74) is 5.07. The number of rotatable bonds is 7. The Bertz CT molecular complexity index is 1110. The lowest BCUT2D eigenvalue weighted by atomic mass is 9.97. The van der Waals surface area contributed by atoms with Crippen LogP contribution in [0, 0.1) is 13.8 Å². The fourth-order valence-corrected chi connectivity index (χ4v) is 4.29. The van der Waals surface area contributed by atoms with Gasteiger partial charge in [0, 0.05) is 30.9 Å². The third-order valence-corrected chi connectivity index (χ3v) is 5.90. The lowest BCUT2D eigenvalue weighted by Gasteiger charge is -2.32. The summed E-state index contributed by atoms with van der Waals surface area (Å²) < 4.78 is 10.9. The first-order valence-corrected chi connectivity index (χ1v) is 11.1. The SMILES string of the molecule is COc1cc2c(cc1OC)CN(C(=O)[C@@H](Cc1ccccc1)Nc1nc(C)cc(C)n1)CC2. The molecule has 0 spiro atoms. The molecule has 1 aliphatic heterocycles. The van der Waals surface area contributed by atoms with E-state index in [1.165, 1.54) is 5.56 Å². The smallest absolute Gasteiger partial charge is 0.245 e. The summed E-state index contributed by atoms with van der Waals surface area (Å²) >= 11 is 0. The number of amides is 1. The number of methoxy groups -OCH3 is 2. The van der Waals surface area contributed by atoms with E-state index in [2.05, 4.69) is 15.3 Å². The molecule has 172 valence electrons. The number of carbonyl (C=O) groups excluding carboxylic acids is 1. The highest BCUT2D eigenvalue weighted by molar-refractivity contribution is 5.85. The van der Waals surface area contributed by atoms with E-state index in [-0.39, 0.29) is 5.91 Å². The monoisotopic (exact) mass is 446 g/mol. The molecule has 0 aliphatic carbocycles. The molecular formula is C26H30N4O3. The van der Waals surface area contributed by atoms with Crippen LogP contribution in [-0.2, 0) is 24.2 Å². The molecule has 1 N–H and O–H groups in total. The zero-order valence-corrected chi connectivity index (χ0v) is 19.6. The van der Waals surface area contributed by atoms with Crippen LogP contribution < -0.4 is 14.8 Å². The molecular weight excluding hydrogens is 416 g/mol. The van der Waals surface area contributed by atoms with Crippen molar-refractivity contribution in [1.29, 1.82) is 0 Å². The van der Waals surface area contributed by atoms with Gasteiger partial charge in [0.2, 0.25) is 11.9 Å². The zero-order valence-electron chi connectivity index (χ0n) is 19.6. The maximum absolute atomic E-state index is 13.7. The fourth-order valence-electron chi connectivity index (χ4n) is 4.29. The number of nitrogens with one attached hydrogen (secondary N) is 1. The number of benzene rings is 2. The molecule has 0 bridgehead atoms. The Morgan fingerprint density at radius 3 is 2.27 bits per heavy atom. The van der Waals surface area contributed by atoms with Crippen molar-refractivity contribution in [2.24, 2.45) is 0 Å². The molecule has 1 amide bonds. The lowest BCUT2D eigenvalue weighted by Crippen LogP contribution is -2.46. The molecule has 0 unspecified atom stereocenters. The minimum atomic E-state index is -0.477. The Labute approximate surface area is 194 Å². The van der Waals surface area contributed by atoms with E-state index in [4.69, 9.17) is 9.47 Å². The molecule has 0 saturated carbocycles. The summed E-state index contributed by atoms with van der Waals surface area (Å²) in [7, 11) is 3.26. The Balaban J connectivity index is 1.59. The highest BCUT2D eigenvalue weighted by atomic mass is 16.5. The van der Waals surface area contributed by atoms with Crippen molar-refractivity contribution in [3.05, 3.63) is 76.6 Å². The normalized spacial score (nSPS) is 13.8. The third-order valence-electron chi connectivity index (χ3n) is 5.90. The Morgan fingerprint density at radius 2 is 1.64 bits per heavy atom. The lowest BCUT2D eigenvalue weighted by molar-refractivity contribution is -0.133. The molecule has 0 saturated heterocycles.